The van der Waals surface area contributed by atoms with Gasteiger partial charge < -0.3 is 0 Å². The van der Waals surface area contributed by atoms with Gasteiger partial charge in [0.05, 0.1) is 0 Å². The van der Waals surface area contributed by atoms with Crippen LogP contribution in [0.4, 0.5) is 0 Å². The molecule has 0 radical (unpaired) electrons. The Morgan fingerprint density at radius 2 is 1.38 bits per heavy atom. The van der Waals surface area contributed by atoms with Crippen LogP contribution in [0.5, 0.6) is 0 Å². The monoisotopic (exact) mass is 288 g/mol. The van der Waals surface area contributed by atoms with E-state index in [1.807, 2.05) is 0 Å². The smallest absolute Gasteiger partial charge is 0.00822 e. The lowest BCUT2D eigenvalue weighted by Gasteiger charge is -2.34. The van der Waals surface area contributed by atoms with Crippen LogP contribution >= 0.6 is 0 Å². The summed E-state index contributed by atoms with van der Waals surface area (Å²) in [5.74, 6) is 3.92. The summed E-state index contributed by atoms with van der Waals surface area (Å²) in [6.45, 7) is 21.8. The van der Waals surface area contributed by atoms with E-state index >= 15 is 0 Å². The molecule has 0 fully saturated rings. The van der Waals surface area contributed by atoms with Gasteiger partial charge in [0.1, 0.15) is 0 Å². The van der Waals surface area contributed by atoms with Gasteiger partial charge in [-0.05, 0) is 68.6 Å². The normalized spacial score (nSPS) is 44.1. The van der Waals surface area contributed by atoms with Crippen LogP contribution in [0.25, 0.3) is 0 Å². The molecule has 0 saturated carbocycles. The predicted octanol–water partition coefficient (Wildman–Crippen LogP) is 6.63. The van der Waals surface area contributed by atoms with Crippen LogP contribution in [0, 0.1) is 35.0 Å². The van der Waals surface area contributed by atoms with Gasteiger partial charge in [-0.25, -0.2) is 0 Å². The zero-order chi connectivity index (χ0) is 16.1. The van der Waals surface area contributed by atoms with E-state index in [4.69, 9.17) is 0 Å². The summed E-state index contributed by atoms with van der Waals surface area (Å²) < 4.78 is 0. The summed E-state index contributed by atoms with van der Waals surface area (Å²) in [4.78, 5) is 0. The van der Waals surface area contributed by atoms with Gasteiger partial charge in [-0.15, -0.1) is 0 Å². The molecule has 0 aliphatic heterocycles. The summed E-state index contributed by atoms with van der Waals surface area (Å²) in [7, 11) is 0. The van der Waals surface area contributed by atoms with Crippen LogP contribution in [-0.4, -0.2) is 0 Å². The molecule has 0 saturated heterocycles. The quantitative estimate of drug-likeness (QED) is 0.511. The third-order valence-electron chi connectivity index (χ3n) is 8.12. The highest BCUT2D eigenvalue weighted by Crippen LogP contribution is 2.54. The molecule has 120 valence electrons. The van der Waals surface area contributed by atoms with E-state index in [0.29, 0.717) is 5.41 Å². The Hall–Kier alpha value is -0.520. The summed E-state index contributed by atoms with van der Waals surface area (Å²) in [6, 6.07) is 0. The third-order valence-corrected chi connectivity index (χ3v) is 8.12. The summed E-state index contributed by atoms with van der Waals surface area (Å²) in [5.41, 5.74) is 7.19. The second-order valence-electron chi connectivity index (χ2n) is 8.45. The van der Waals surface area contributed by atoms with Gasteiger partial charge in [0.2, 0.25) is 0 Å². The van der Waals surface area contributed by atoms with Crippen molar-refractivity contribution in [2.24, 2.45) is 35.0 Å². The topological polar surface area (TPSA) is 0 Å². The lowest BCUT2D eigenvalue weighted by molar-refractivity contribution is 0.221. The van der Waals surface area contributed by atoms with Gasteiger partial charge in [-0.2, -0.15) is 0 Å². The molecule has 2 aliphatic carbocycles. The molecule has 0 aromatic carbocycles. The van der Waals surface area contributed by atoms with Crippen LogP contribution in [0.2, 0.25) is 0 Å². The molecular formula is C21H36. The molecule has 0 aromatic heterocycles. The first-order valence-electron chi connectivity index (χ1n) is 9.00. The van der Waals surface area contributed by atoms with Gasteiger partial charge >= 0.3 is 0 Å². The molecular weight excluding hydrogens is 252 g/mol. The Balaban J connectivity index is 2.17. The van der Waals surface area contributed by atoms with Gasteiger partial charge in [-0.3, -0.25) is 0 Å². The Morgan fingerprint density at radius 1 is 0.810 bits per heavy atom. The Labute approximate surface area is 133 Å². The molecule has 2 rings (SSSR count). The van der Waals surface area contributed by atoms with Crippen LogP contribution in [0.15, 0.2) is 22.3 Å². The van der Waals surface area contributed by atoms with Crippen molar-refractivity contribution in [3.05, 3.63) is 22.3 Å². The number of hydrogen-bond acceptors (Lipinski definition) is 0. The van der Waals surface area contributed by atoms with Crippen LogP contribution in [-0.2, 0) is 0 Å². The van der Waals surface area contributed by atoms with Gasteiger partial charge in [0.25, 0.3) is 0 Å². The largest absolute Gasteiger partial charge is 0.0707 e. The fraction of sp³-hybridized carbons (Fsp3) is 0.810. The van der Waals surface area contributed by atoms with Gasteiger partial charge in [0, 0.05) is 0 Å². The highest BCUT2D eigenvalue weighted by atomic mass is 14.5. The summed E-state index contributed by atoms with van der Waals surface area (Å²) in [5, 5.41) is 0. The lowest BCUT2D eigenvalue weighted by atomic mass is 9.70. The first-order chi connectivity index (χ1) is 9.62. The van der Waals surface area contributed by atoms with Crippen molar-refractivity contribution >= 4 is 0 Å². The standard InChI is InChI=1S/C21H36/c1-12-13(2)17(6)20(16(12)5)10-11-21(9)18(7)14(3)15(4)19(21)8/h12-14,16,18H,10-11H2,1-9H3/t12?,13-,14-,16+,18?,21+/m0/s1. The average molecular weight is 289 g/mol. The minimum absolute atomic E-state index is 0.408. The maximum atomic E-state index is 2.52. The number of rotatable bonds is 3. The summed E-state index contributed by atoms with van der Waals surface area (Å²) in [6.07, 6.45) is 2.64. The number of allylic oxidation sites excluding steroid dienone is 4. The molecule has 0 nitrogen and oxygen atoms in total. The van der Waals surface area contributed by atoms with Crippen molar-refractivity contribution in [3.8, 4) is 0 Å². The maximum Gasteiger partial charge on any atom is -0.00822 e. The zero-order valence-corrected chi connectivity index (χ0v) is 15.8. The van der Waals surface area contributed by atoms with Crippen molar-refractivity contribution in [2.75, 3.05) is 0 Å². The van der Waals surface area contributed by atoms with Crippen LogP contribution in [0.1, 0.15) is 75.2 Å². The predicted molar refractivity (Wildman–Crippen MR) is 94.2 cm³/mol. The number of hydrogen-bond donors (Lipinski definition) is 0. The second kappa shape index (κ2) is 5.60. The first kappa shape index (κ1) is 16.8. The van der Waals surface area contributed by atoms with Crippen molar-refractivity contribution < 1.29 is 0 Å². The van der Waals surface area contributed by atoms with E-state index in [1.54, 1.807) is 22.3 Å². The Kier molecular flexibility index (Phi) is 4.49. The molecule has 21 heavy (non-hydrogen) atoms. The Bertz CT molecular complexity index is 478. The molecule has 0 amide bonds. The van der Waals surface area contributed by atoms with Crippen molar-refractivity contribution in [1.82, 2.24) is 0 Å². The zero-order valence-electron chi connectivity index (χ0n) is 15.8. The fourth-order valence-electron chi connectivity index (χ4n) is 5.09. The minimum atomic E-state index is 0.408. The Morgan fingerprint density at radius 3 is 1.76 bits per heavy atom. The fourth-order valence-corrected chi connectivity index (χ4v) is 5.09. The molecule has 0 bridgehead atoms. The van der Waals surface area contributed by atoms with Crippen molar-refractivity contribution in [2.45, 2.75) is 75.2 Å². The van der Waals surface area contributed by atoms with E-state index in [9.17, 15) is 0 Å². The molecule has 0 heterocycles. The lowest BCUT2D eigenvalue weighted by Crippen LogP contribution is -2.25. The van der Waals surface area contributed by atoms with Crippen LogP contribution in [0.3, 0.4) is 0 Å². The van der Waals surface area contributed by atoms with Gasteiger partial charge in [0.15, 0.2) is 0 Å². The average Bonchev–Trinajstić information content (AvgIpc) is 2.73. The van der Waals surface area contributed by atoms with Crippen molar-refractivity contribution in [1.29, 1.82) is 0 Å². The van der Waals surface area contributed by atoms with E-state index in [0.717, 1.165) is 29.6 Å². The van der Waals surface area contributed by atoms with E-state index in [-0.39, 0.29) is 0 Å². The van der Waals surface area contributed by atoms with E-state index in [2.05, 4.69) is 62.3 Å². The molecule has 2 unspecified atom stereocenters. The first-order valence-corrected chi connectivity index (χ1v) is 9.00. The minimum Gasteiger partial charge on any atom is -0.0707 e. The molecule has 0 aromatic rings. The van der Waals surface area contributed by atoms with E-state index in [1.165, 1.54) is 12.8 Å². The van der Waals surface area contributed by atoms with Crippen molar-refractivity contribution in [3.63, 3.8) is 0 Å². The van der Waals surface area contributed by atoms with Gasteiger partial charge in [-0.1, -0.05) is 63.8 Å². The molecule has 2 aliphatic rings. The summed E-state index contributed by atoms with van der Waals surface area (Å²) >= 11 is 0. The molecule has 6 atom stereocenters. The SMILES string of the molecule is CC1=C(CC[C@@]2(C)C(C)=C(C)[C@H](C)C2C)[C@H](C)C(C)[C@@H]1C. The molecule has 0 spiro atoms. The molecule has 0 N–H and O–H groups in total. The maximum absolute atomic E-state index is 2.52. The molecule has 0 heteroatoms. The third kappa shape index (κ3) is 2.43. The highest BCUT2D eigenvalue weighted by molar-refractivity contribution is 5.31. The second-order valence-corrected chi connectivity index (χ2v) is 8.45. The van der Waals surface area contributed by atoms with E-state index < -0.39 is 0 Å². The van der Waals surface area contributed by atoms with Crippen LogP contribution < -0.4 is 0 Å². The highest BCUT2D eigenvalue weighted by Gasteiger charge is 2.43.